The Bertz CT molecular complexity index is 433. The predicted octanol–water partition coefficient (Wildman–Crippen LogP) is 2.21. The van der Waals surface area contributed by atoms with Gasteiger partial charge in [-0.3, -0.25) is 4.79 Å². The molecule has 4 heteroatoms. The quantitative estimate of drug-likeness (QED) is 0.859. The zero-order valence-corrected chi connectivity index (χ0v) is 10.7. The van der Waals surface area contributed by atoms with Gasteiger partial charge in [0.1, 0.15) is 5.75 Å². The highest BCUT2D eigenvalue weighted by atomic mass is 16.5. The van der Waals surface area contributed by atoms with E-state index in [2.05, 4.69) is 5.32 Å². The minimum Gasteiger partial charge on any atom is -0.493 e. The minimum atomic E-state index is -0.768. The van der Waals surface area contributed by atoms with Crippen LogP contribution in [0, 0.1) is 5.92 Å². The number of carboxylic acids is 1. The first-order valence-corrected chi connectivity index (χ1v) is 6.30. The van der Waals surface area contributed by atoms with Gasteiger partial charge in [0.05, 0.1) is 12.5 Å². The van der Waals surface area contributed by atoms with Crippen molar-refractivity contribution in [2.24, 2.45) is 5.92 Å². The molecule has 1 heterocycles. The molecule has 0 aliphatic carbocycles. The summed E-state index contributed by atoms with van der Waals surface area (Å²) >= 11 is 0. The molecule has 0 amide bonds. The molecule has 0 aromatic heterocycles. The summed E-state index contributed by atoms with van der Waals surface area (Å²) in [6.07, 6.45) is 0.869. The third kappa shape index (κ3) is 2.64. The van der Waals surface area contributed by atoms with Gasteiger partial charge in [0.2, 0.25) is 0 Å². The molecule has 98 valence electrons. The number of nitrogens with one attached hydrogen (secondary N) is 1. The maximum atomic E-state index is 11.0. The summed E-state index contributed by atoms with van der Waals surface area (Å²) in [5.74, 6) is -0.272. The summed E-state index contributed by atoms with van der Waals surface area (Å²) in [6, 6.07) is 8.02. The average Bonchev–Trinajstić information content (AvgIpc) is 2.38. The van der Waals surface area contributed by atoms with Crippen molar-refractivity contribution in [1.82, 2.24) is 5.32 Å². The molecular weight excluding hydrogens is 230 g/mol. The van der Waals surface area contributed by atoms with Gasteiger partial charge in [-0.1, -0.05) is 25.1 Å². The first kappa shape index (κ1) is 12.9. The molecule has 0 saturated heterocycles. The molecule has 2 rings (SSSR count). The van der Waals surface area contributed by atoms with Crippen LogP contribution in [0.5, 0.6) is 5.75 Å². The average molecular weight is 249 g/mol. The van der Waals surface area contributed by atoms with E-state index in [0.717, 1.165) is 17.7 Å². The van der Waals surface area contributed by atoms with E-state index < -0.39 is 11.9 Å². The third-order valence-electron chi connectivity index (χ3n) is 3.56. The SMILES string of the molecule is CC(NC1CCOc2ccccc21)C(C)C(=O)O. The Hall–Kier alpha value is -1.55. The number of carboxylic acid groups (broad SMARTS) is 1. The molecule has 1 aromatic carbocycles. The number of fused-ring (bicyclic) bond motifs is 1. The van der Waals surface area contributed by atoms with Crippen LogP contribution in [0.4, 0.5) is 0 Å². The van der Waals surface area contributed by atoms with Gasteiger partial charge in [-0.2, -0.15) is 0 Å². The Balaban J connectivity index is 2.09. The van der Waals surface area contributed by atoms with E-state index in [1.807, 2.05) is 31.2 Å². The van der Waals surface area contributed by atoms with Gasteiger partial charge in [0, 0.05) is 24.1 Å². The Kier molecular flexibility index (Phi) is 3.87. The molecule has 2 N–H and O–H groups in total. The Labute approximate surface area is 107 Å². The molecule has 1 aliphatic rings. The van der Waals surface area contributed by atoms with E-state index in [9.17, 15) is 4.79 Å². The molecule has 0 fully saturated rings. The highest BCUT2D eigenvalue weighted by Crippen LogP contribution is 2.32. The molecule has 4 nitrogen and oxygen atoms in total. The van der Waals surface area contributed by atoms with Crippen molar-refractivity contribution in [2.75, 3.05) is 6.61 Å². The Morgan fingerprint density at radius 1 is 1.44 bits per heavy atom. The van der Waals surface area contributed by atoms with Crippen LogP contribution in [0.15, 0.2) is 24.3 Å². The standard InChI is InChI=1S/C14H19NO3/c1-9(14(16)17)10(2)15-12-7-8-18-13-6-4-3-5-11(12)13/h3-6,9-10,12,15H,7-8H2,1-2H3,(H,16,17). The van der Waals surface area contributed by atoms with Gasteiger partial charge >= 0.3 is 5.97 Å². The third-order valence-corrected chi connectivity index (χ3v) is 3.56. The lowest BCUT2D eigenvalue weighted by Crippen LogP contribution is -2.40. The summed E-state index contributed by atoms with van der Waals surface area (Å²) in [5, 5.41) is 12.4. The first-order valence-electron chi connectivity index (χ1n) is 6.30. The second kappa shape index (κ2) is 5.40. The van der Waals surface area contributed by atoms with E-state index in [-0.39, 0.29) is 12.1 Å². The first-order chi connectivity index (χ1) is 8.59. The second-order valence-electron chi connectivity index (χ2n) is 4.81. The van der Waals surface area contributed by atoms with E-state index in [4.69, 9.17) is 9.84 Å². The molecule has 0 spiro atoms. The predicted molar refractivity (Wildman–Crippen MR) is 68.7 cm³/mol. The van der Waals surface area contributed by atoms with Gasteiger partial charge in [-0.15, -0.1) is 0 Å². The van der Waals surface area contributed by atoms with Crippen LogP contribution in [0.2, 0.25) is 0 Å². The largest absolute Gasteiger partial charge is 0.493 e. The fourth-order valence-corrected chi connectivity index (χ4v) is 2.19. The topological polar surface area (TPSA) is 58.6 Å². The van der Waals surface area contributed by atoms with Gasteiger partial charge in [-0.05, 0) is 13.0 Å². The summed E-state index contributed by atoms with van der Waals surface area (Å²) in [4.78, 5) is 11.0. The number of carbonyl (C=O) groups is 1. The van der Waals surface area contributed by atoms with E-state index in [1.165, 1.54) is 0 Å². The number of ether oxygens (including phenoxy) is 1. The highest BCUT2D eigenvalue weighted by Gasteiger charge is 2.26. The normalized spacial score (nSPS) is 21.6. The second-order valence-corrected chi connectivity index (χ2v) is 4.81. The Morgan fingerprint density at radius 3 is 2.89 bits per heavy atom. The number of hydrogen-bond acceptors (Lipinski definition) is 3. The molecule has 0 saturated carbocycles. The molecule has 1 aliphatic heterocycles. The van der Waals surface area contributed by atoms with Crippen molar-refractivity contribution in [3.63, 3.8) is 0 Å². The fourth-order valence-electron chi connectivity index (χ4n) is 2.19. The van der Waals surface area contributed by atoms with Crippen molar-refractivity contribution in [1.29, 1.82) is 0 Å². The van der Waals surface area contributed by atoms with Crippen LogP contribution in [0.3, 0.4) is 0 Å². The lowest BCUT2D eigenvalue weighted by Gasteiger charge is -2.30. The summed E-state index contributed by atoms with van der Waals surface area (Å²) in [5.41, 5.74) is 1.12. The number of aliphatic carboxylic acids is 1. The molecule has 18 heavy (non-hydrogen) atoms. The number of hydrogen-bond donors (Lipinski definition) is 2. The van der Waals surface area contributed by atoms with Gasteiger partial charge in [0.15, 0.2) is 0 Å². The Morgan fingerprint density at radius 2 is 2.17 bits per heavy atom. The van der Waals surface area contributed by atoms with Crippen molar-refractivity contribution >= 4 is 5.97 Å². The molecule has 1 aromatic rings. The van der Waals surface area contributed by atoms with Crippen LogP contribution in [0.25, 0.3) is 0 Å². The molecule has 0 bridgehead atoms. The van der Waals surface area contributed by atoms with Crippen LogP contribution in [-0.2, 0) is 4.79 Å². The monoisotopic (exact) mass is 249 g/mol. The summed E-state index contributed by atoms with van der Waals surface area (Å²) < 4.78 is 5.59. The lowest BCUT2D eigenvalue weighted by atomic mass is 9.97. The van der Waals surface area contributed by atoms with Crippen LogP contribution >= 0.6 is 0 Å². The van der Waals surface area contributed by atoms with E-state index >= 15 is 0 Å². The van der Waals surface area contributed by atoms with Gasteiger partial charge in [-0.25, -0.2) is 0 Å². The fraction of sp³-hybridized carbons (Fsp3) is 0.500. The number of rotatable bonds is 4. The van der Waals surface area contributed by atoms with Crippen LogP contribution < -0.4 is 10.1 Å². The van der Waals surface area contributed by atoms with Gasteiger partial charge < -0.3 is 15.2 Å². The van der Waals surface area contributed by atoms with E-state index in [0.29, 0.717) is 6.61 Å². The molecule has 0 radical (unpaired) electrons. The van der Waals surface area contributed by atoms with Crippen LogP contribution in [-0.4, -0.2) is 23.7 Å². The van der Waals surface area contributed by atoms with Crippen molar-refractivity contribution in [3.05, 3.63) is 29.8 Å². The number of para-hydroxylation sites is 1. The smallest absolute Gasteiger partial charge is 0.307 e. The van der Waals surface area contributed by atoms with Gasteiger partial charge in [0.25, 0.3) is 0 Å². The minimum absolute atomic E-state index is 0.0707. The highest BCUT2D eigenvalue weighted by molar-refractivity contribution is 5.70. The summed E-state index contributed by atoms with van der Waals surface area (Å²) in [7, 11) is 0. The van der Waals surface area contributed by atoms with Crippen molar-refractivity contribution in [3.8, 4) is 5.75 Å². The zero-order valence-electron chi connectivity index (χ0n) is 10.7. The zero-order chi connectivity index (χ0) is 13.1. The van der Waals surface area contributed by atoms with Crippen molar-refractivity contribution in [2.45, 2.75) is 32.4 Å². The maximum Gasteiger partial charge on any atom is 0.307 e. The summed E-state index contributed by atoms with van der Waals surface area (Å²) in [6.45, 7) is 4.31. The molecule has 3 unspecified atom stereocenters. The molecular formula is C14H19NO3. The maximum absolute atomic E-state index is 11.0. The van der Waals surface area contributed by atoms with Crippen molar-refractivity contribution < 1.29 is 14.6 Å². The number of benzene rings is 1. The van der Waals surface area contributed by atoms with Crippen LogP contribution in [0.1, 0.15) is 31.9 Å². The lowest BCUT2D eigenvalue weighted by molar-refractivity contribution is -0.142. The molecule has 3 atom stereocenters. The van der Waals surface area contributed by atoms with E-state index in [1.54, 1.807) is 6.92 Å².